The molecule has 7 heavy (non-hydrogen) atoms. The molecular formula is C5H7NO. The molecule has 0 aromatic rings. The Labute approximate surface area is 42.1 Å². The van der Waals surface area contributed by atoms with Crippen LogP contribution in [0.2, 0.25) is 0 Å². The van der Waals surface area contributed by atoms with Crippen LogP contribution in [0.15, 0.2) is 0 Å². The number of amides is 1. The van der Waals surface area contributed by atoms with E-state index >= 15 is 0 Å². The van der Waals surface area contributed by atoms with Gasteiger partial charge >= 0.3 is 0 Å². The van der Waals surface area contributed by atoms with Crippen molar-refractivity contribution in [1.82, 2.24) is 4.90 Å². The van der Waals surface area contributed by atoms with E-state index in [9.17, 15) is 4.79 Å². The first-order valence-electron chi connectivity index (χ1n) is 2.70. The van der Waals surface area contributed by atoms with Gasteiger partial charge in [0.2, 0.25) is 5.91 Å². The third kappa shape index (κ3) is 0.275. The van der Waals surface area contributed by atoms with Gasteiger partial charge in [-0.2, -0.15) is 0 Å². The standard InChI is InChI=1S/C5H7NO/c7-5-4-2-1-3-6(4)5/h4H,1-3H2. The lowest BCUT2D eigenvalue weighted by Crippen LogP contribution is -1.94. The van der Waals surface area contributed by atoms with Gasteiger partial charge < -0.3 is 4.90 Å². The third-order valence-corrected chi connectivity index (χ3v) is 1.75. The van der Waals surface area contributed by atoms with Crippen LogP contribution in [-0.2, 0) is 4.79 Å². The Balaban J connectivity index is 2.19. The maximum Gasteiger partial charge on any atom is 0.246 e. The summed E-state index contributed by atoms with van der Waals surface area (Å²) in [5.74, 6) is 0.381. The number of hydrogen-bond acceptors (Lipinski definition) is 1. The molecule has 2 aliphatic rings. The molecule has 2 aliphatic heterocycles. The SMILES string of the molecule is O=C1C2CCCN12. The maximum absolute atomic E-state index is 10.4. The van der Waals surface area contributed by atoms with Gasteiger partial charge in [0.05, 0.1) is 0 Å². The first kappa shape index (κ1) is 3.47. The number of fused-ring (bicyclic) bond motifs is 1. The van der Waals surface area contributed by atoms with E-state index in [1.807, 2.05) is 4.90 Å². The van der Waals surface area contributed by atoms with E-state index in [0.717, 1.165) is 13.0 Å². The van der Waals surface area contributed by atoms with E-state index in [0.29, 0.717) is 11.9 Å². The second-order valence-corrected chi connectivity index (χ2v) is 2.19. The molecule has 0 N–H and O–H groups in total. The normalized spacial score (nSPS) is 36.3. The molecule has 0 spiro atoms. The highest BCUT2D eigenvalue weighted by Crippen LogP contribution is 2.30. The van der Waals surface area contributed by atoms with E-state index < -0.39 is 0 Å². The molecular weight excluding hydrogens is 90.1 g/mol. The van der Waals surface area contributed by atoms with Crippen molar-refractivity contribution in [2.24, 2.45) is 0 Å². The molecule has 0 radical (unpaired) electrons. The van der Waals surface area contributed by atoms with Gasteiger partial charge in [0.1, 0.15) is 6.04 Å². The Morgan fingerprint density at radius 1 is 1.71 bits per heavy atom. The first-order valence-corrected chi connectivity index (χ1v) is 2.70. The Bertz CT molecular complexity index is 109. The van der Waals surface area contributed by atoms with Crippen LogP contribution >= 0.6 is 0 Å². The summed E-state index contributed by atoms with van der Waals surface area (Å²) in [7, 11) is 0. The number of carbonyl (C=O) groups is 1. The number of hydrogen-bond donors (Lipinski definition) is 0. The van der Waals surface area contributed by atoms with Crippen LogP contribution in [0.1, 0.15) is 12.8 Å². The van der Waals surface area contributed by atoms with Gasteiger partial charge in [-0.1, -0.05) is 0 Å². The summed E-state index contributed by atoms with van der Waals surface area (Å²) in [5.41, 5.74) is 0. The molecule has 0 saturated carbocycles. The minimum Gasteiger partial charge on any atom is -0.329 e. The van der Waals surface area contributed by atoms with Crippen molar-refractivity contribution in [3.8, 4) is 0 Å². The second kappa shape index (κ2) is 0.831. The zero-order valence-electron chi connectivity index (χ0n) is 4.05. The lowest BCUT2D eigenvalue weighted by atomic mass is 10.3. The first-order chi connectivity index (χ1) is 3.39. The van der Waals surface area contributed by atoms with Gasteiger partial charge in [-0.15, -0.1) is 0 Å². The second-order valence-electron chi connectivity index (χ2n) is 2.19. The number of nitrogens with zero attached hydrogens (tertiary/aromatic N) is 1. The van der Waals surface area contributed by atoms with Crippen LogP contribution in [0.5, 0.6) is 0 Å². The number of piperidine rings is 1. The summed E-state index contributed by atoms with van der Waals surface area (Å²) < 4.78 is 0. The lowest BCUT2D eigenvalue weighted by molar-refractivity contribution is -0.114. The van der Waals surface area contributed by atoms with E-state index in [-0.39, 0.29) is 0 Å². The molecule has 0 bridgehead atoms. The van der Waals surface area contributed by atoms with Gasteiger partial charge in [-0.3, -0.25) is 4.79 Å². The fourth-order valence-corrected chi connectivity index (χ4v) is 1.26. The van der Waals surface area contributed by atoms with Crippen molar-refractivity contribution >= 4 is 5.91 Å². The molecule has 1 amide bonds. The van der Waals surface area contributed by atoms with Crippen LogP contribution in [-0.4, -0.2) is 23.4 Å². The van der Waals surface area contributed by atoms with Crippen LogP contribution in [0.4, 0.5) is 0 Å². The van der Waals surface area contributed by atoms with Gasteiger partial charge in [-0.25, -0.2) is 0 Å². The molecule has 2 rings (SSSR count). The Hall–Kier alpha value is -0.530. The third-order valence-electron chi connectivity index (χ3n) is 1.75. The van der Waals surface area contributed by atoms with Gasteiger partial charge in [-0.05, 0) is 12.8 Å². The summed E-state index contributed by atoms with van der Waals surface area (Å²) in [6.07, 6.45) is 2.36. The van der Waals surface area contributed by atoms with Crippen molar-refractivity contribution in [2.75, 3.05) is 6.54 Å². The molecule has 0 aliphatic carbocycles. The average molecular weight is 97.1 g/mol. The highest BCUT2D eigenvalue weighted by Gasteiger charge is 2.48. The Kier molecular flexibility index (Phi) is 0.412. The lowest BCUT2D eigenvalue weighted by Gasteiger charge is -1.84. The molecule has 2 nitrogen and oxygen atoms in total. The van der Waals surface area contributed by atoms with Crippen molar-refractivity contribution in [1.29, 1.82) is 0 Å². The monoisotopic (exact) mass is 97.1 g/mol. The fraction of sp³-hybridized carbons (Fsp3) is 0.800. The van der Waals surface area contributed by atoms with Crippen LogP contribution in [0.3, 0.4) is 0 Å². The molecule has 1 atom stereocenters. The van der Waals surface area contributed by atoms with Crippen molar-refractivity contribution in [3.05, 3.63) is 0 Å². The summed E-state index contributed by atoms with van der Waals surface area (Å²) in [5, 5.41) is 0. The number of carbonyl (C=O) groups excluding carboxylic acids is 1. The van der Waals surface area contributed by atoms with Gasteiger partial charge in [0.25, 0.3) is 0 Å². The largest absolute Gasteiger partial charge is 0.329 e. The molecule has 2 saturated heterocycles. The molecule has 1 unspecified atom stereocenters. The molecule has 2 heteroatoms. The number of rotatable bonds is 0. The fourth-order valence-electron chi connectivity index (χ4n) is 1.26. The average Bonchev–Trinajstić information content (AvgIpc) is 2.26. The minimum atomic E-state index is 0.375. The van der Waals surface area contributed by atoms with E-state index in [1.54, 1.807) is 0 Å². The zero-order chi connectivity index (χ0) is 4.85. The Morgan fingerprint density at radius 3 is 2.86 bits per heavy atom. The summed E-state index contributed by atoms with van der Waals surface area (Å²) >= 11 is 0. The molecule has 38 valence electrons. The summed E-state index contributed by atoms with van der Waals surface area (Å²) in [6.45, 7) is 1.03. The molecule has 2 heterocycles. The summed E-state index contributed by atoms with van der Waals surface area (Å²) in [4.78, 5) is 12.4. The van der Waals surface area contributed by atoms with E-state index in [2.05, 4.69) is 0 Å². The van der Waals surface area contributed by atoms with Gasteiger partial charge in [0, 0.05) is 6.54 Å². The zero-order valence-corrected chi connectivity index (χ0v) is 4.05. The maximum atomic E-state index is 10.4. The van der Waals surface area contributed by atoms with Crippen LogP contribution in [0.25, 0.3) is 0 Å². The predicted octanol–water partition coefficient (Wildman–Crippen LogP) is -0.00900. The van der Waals surface area contributed by atoms with Gasteiger partial charge in [0.15, 0.2) is 0 Å². The molecule has 0 aromatic heterocycles. The highest BCUT2D eigenvalue weighted by atomic mass is 16.2. The molecule has 2 fully saturated rings. The summed E-state index contributed by atoms with van der Waals surface area (Å²) in [6, 6.07) is 0.375. The van der Waals surface area contributed by atoms with Crippen LogP contribution in [0, 0.1) is 0 Å². The Morgan fingerprint density at radius 2 is 2.57 bits per heavy atom. The minimum absolute atomic E-state index is 0.375. The van der Waals surface area contributed by atoms with Crippen molar-refractivity contribution in [3.63, 3.8) is 0 Å². The van der Waals surface area contributed by atoms with Crippen molar-refractivity contribution < 1.29 is 4.79 Å². The highest BCUT2D eigenvalue weighted by molar-refractivity contribution is 5.97. The van der Waals surface area contributed by atoms with E-state index in [1.165, 1.54) is 6.42 Å². The topological polar surface area (TPSA) is 20.1 Å². The predicted molar refractivity (Wildman–Crippen MR) is 24.7 cm³/mol. The van der Waals surface area contributed by atoms with Crippen LogP contribution < -0.4 is 0 Å². The van der Waals surface area contributed by atoms with E-state index in [4.69, 9.17) is 0 Å². The smallest absolute Gasteiger partial charge is 0.246 e. The molecule has 0 aromatic carbocycles. The quantitative estimate of drug-likeness (QED) is 0.389. The van der Waals surface area contributed by atoms with Crippen molar-refractivity contribution in [2.45, 2.75) is 18.9 Å².